The number of halogens is 1. The lowest BCUT2D eigenvalue weighted by atomic mass is 9.79. The molecule has 5 aliphatic rings. The van der Waals surface area contributed by atoms with Crippen molar-refractivity contribution in [3.05, 3.63) is 41.6 Å². The van der Waals surface area contributed by atoms with Gasteiger partial charge in [0, 0.05) is 42.1 Å². The summed E-state index contributed by atoms with van der Waals surface area (Å²) < 4.78 is 4.97. The van der Waals surface area contributed by atoms with E-state index in [0.717, 1.165) is 23.1 Å². The van der Waals surface area contributed by atoms with Crippen LogP contribution in [0.5, 0.6) is 0 Å². The molecule has 5 heterocycles. The number of carbonyl (C=O) groups excluding carboxylic acids is 3. The van der Waals surface area contributed by atoms with Gasteiger partial charge in [0.25, 0.3) is 17.7 Å². The molecular weight excluding hydrogens is 614 g/mol. The molecule has 1 aliphatic carbocycles. The Labute approximate surface area is 259 Å². The van der Waals surface area contributed by atoms with Crippen LogP contribution >= 0.6 is 15.9 Å². The van der Waals surface area contributed by atoms with Crippen LogP contribution in [0.25, 0.3) is 16.5 Å². The maximum Gasteiger partial charge on any atom is 0.282 e. The molecule has 3 amide bonds. The van der Waals surface area contributed by atoms with Crippen molar-refractivity contribution >= 4 is 50.1 Å². The molecule has 10 nitrogen and oxygen atoms in total. The first-order valence-electron chi connectivity index (χ1n) is 15.4. The lowest BCUT2D eigenvalue weighted by molar-refractivity contribution is -0.324. The molecule has 1 aromatic carbocycles. The first kappa shape index (κ1) is 29.0. The number of likely N-dealkylation sites (N-methyl/N-ethyl adjacent to an activating group) is 1. The second-order valence-electron chi connectivity index (χ2n) is 13.7. The molecule has 2 unspecified atom stereocenters. The van der Waals surface area contributed by atoms with Crippen LogP contribution in [-0.2, 0) is 25.5 Å². The maximum absolute atomic E-state index is 14.6. The number of hydrogen-bond acceptors (Lipinski definition) is 6. The molecular formula is C32H40BrN5O5. The van der Waals surface area contributed by atoms with Gasteiger partial charge in [0.15, 0.2) is 4.45 Å². The number of aromatic nitrogens is 1. The van der Waals surface area contributed by atoms with Crippen molar-refractivity contribution in [2.24, 2.45) is 17.8 Å². The molecule has 3 N–H and O–H groups in total. The van der Waals surface area contributed by atoms with Gasteiger partial charge in [0.1, 0.15) is 6.04 Å². The fraction of sp³-hybridized carbons (Fsp3) is 0.594. The van der Waals surface area contributed by atoms with Crippen molar-refractivity contribution in [2.45, 2.75) is 81.5 Å². The van der Waals surface area contributed by atoms with Crippen LogP contribution in [0.4, 0.5) is 0 Å². The van der Waals surface area contributed by atoms with E-state index in [-0.39, 0.29) is 30.2 Å². The molecule has 2 aromatic rings. The number of H-pyrrole nitrogens is 1. The minimum absolute atomic E-state index is 0.0287. The summed E-state index contributed by atoms with van der Waals surface area (Å²) in [7, 11) is 2.03. The monoisotopic (exact) mass is 653 g/mol. The van der Waals surface area contributed by atoms with Crippen LogP contribution in [-0.4, -0.2) is 90.8 Å². The number of piperazine rings is 1. The van der Waals surface area contributed by atoms with Crippen molar-refractivity contribution in [1.82, 2.24) is 25.0 Å². The van der Waals surface area contributed by atoms with E-state index in [1.165, 1.54) is 15.8 Å². The lowest BCUT2D eigenvalue weighted by Crippen LogP contribution is -2.75. The number of rotatable bonds is 5. The van der Waals surface area contributed by atoms with E-state index in [1.54, 1.807) is 18.7 Å². The first-order valence-corrected chi connectivity index (χ1v) is 16.2. The van der Waals surface area contributed by atoms with E-state index in [9.17, 15) is 19.5 Å². The molecule has 230 valence electrons. The minimum atomic E-state index is -2.09. The van der Waals surface area contributed by atoms with Crippen LogP contribution in [0.1, 0.15) is 58.1 Å². The predicted octanol–water partition coefficient (Wildman–Crippen LogP) is 3.15. The Morgan fingerprint density at radius 3 is 2.72 bits per heavy atom. The molecule has 0 saturated carbocycles. The fourth-order valence-corrected chi connectivity index (χ4v) is 9.47. The highest BCUT2D eigenvalue weighted by Gasteiger charge is 2.75. The molecule has 4 aliphatic heterocycles. The number of nitrogens with zero attached hydrogens (tertiary/aromatic N) is 3. The van der Waals surface area contributed by atoms with Gasteiger partial charge in [-0.2, -0.15) is 0 Å². The Hall–Kier alpha value is -2.73. The Balaban J connectivity index is 1.26. The van der Waals surface area contributed by atoms with Crippen molar-refractivity contribution in [2.75, 3.05) is 20.1 Å². The highest BCUT2D eigenvalue weighted by Crippen LogP contribution is 2.54. The number of aliphatic hydroxyl groups is 1. The zero-order chi connectivity index (χ0) is 30.6. The highest BCUT2D eigenvalue weighted by atomic mass is 79.9. The average Bonchev–Trinajstić information content (AvgIpc) is 3.65. The third-order valence-corrected chi connectivity index (χ3v) is 11.2. The quantitative estimate of drug-likeness (QED) is 0.337. The Morgan fingerprint density at radius 1 is 1.23 bits per heavy atom. The molecule has 0 radical (unpaired) electrons. The normalized spacial score (nSPS) is 35.5. The van der Waals surface area contributed by atoms with Crippen molar-refractivity contribution in [3.63, 3.8) is 0 Å². The van der Waals surface area contributed by atoms with Gasteiger partial charge in [-0.05, 0) is 61.4 Å². The summed E-state index contributed by atoms with van der Waals surface area (Å²) in [6.45, 7) is 8.46. The number of fused-ring (bicyclic) bond motifs is 5. The van der Waals surface area contributed by atoms with Gasteiger partial charge >= 0.3 is 0 Å². The summed E-state index contributed by atoms with van der Waals surface area (Å²) in [5, 5.41) is 16.4. The maximum atomic E-state index is 14.6. The van der Waals surface area contributed by atoms with Gasteiger partial charge in [-0.25, -0.2) is 0 Å². The van der Waals surface area contributed by atoms with E-state index >= 15 is 0 Å². The van der Waals surface area contributed by atoms with E-state index < -0.39 is 39.9 Å². The molecule has 6 atom stereocenters. The lowest BCUT2D eigenvalue weighted by Gasteiger charge is -2.53. The molecule has 0 bridgehead atoms. The van der Waals surface area contributed by atoms with Crippen LogP contribution in [0.2, 0.25) is 0 Å². The molecule has 43 heavy (non-hydrogen) atoms. The predicted molar refractivity (Wildman–Crippen MR) is 164 cm³/mol. The van der Waals surface area contributed by atoms with Gasteiger partial charge < -0.3 is 20.3 Å². The fourth-order valence-electron chi connectivity index (χ4n) is 8.18. The number of nitrogens with one attached hydrogen (secondary N) is 2. The second-order valence-corrected chi connectivity index (χ2v) is 15.0. The summed E-state index contributed by atoms with van der Waals surface area (Å²) in [6, 6.07) is 5.61. The molecule has 11 heteroatoms. The first-order chi connectivity index (χ1) is 20.3. The van der Waals surface area contributed by atoms with E-state index in [4.69, 9.17) is 4.74 Å². The molecule has 3 fully saturated rings. The summed E-state index contributed by atoms with van der Waals surface area (Å²) in [6.07, 6.45) is 6.42. The third kappa shape index (κ3) is 3.90. The standard InChI is InChI=1S/C32H40BrN5O5/c1-17(2)14-30(33)28(40)37-11-7-10-25(37)32(42)38(30)29(41)31(43-32,18(3)4)35-27(39)20-12-22-21-8-6-9-23-26(21)19(15-34-23)13-24(22)36(5)16-20/h6,8-9,12,15,17-18,20,24-25,34,42H,7,10-11,13-14,16H2,1-5H3,(H,35,39)/t20-,24-,25+,30?,31-,32?/m1/s1. The van der Waals surface area contributed by atoms with E-state index in [0.29, 0.717) is 25.9 Å². The van der Waals surface area contributed by atoms with Crippen molar-refractivity contribution < 1.29 is 24.2 Å². The van der Waals surface area contributed by atoms with Gasteiger partial charge in [-0.1, -0.05) is 61.8 Å². The van der Waals surface area contributed by atoms with Gasteiger partial charge in [-0.3, -0.25) is 28.9 Å². The van der Waals surface area contributed by atoms with Crippen LogP contribution in [0, 0.1) is 17.8 Å². The zero-order valence-corrected chi connectivity index (χ0v) is 26.9. The van der Waals surface area contributed by atoms with Gasteiger partial charge in [-0.15, -0.1) is 0 Å². The minimum Gasteiger partial charge on any atom is -0.361 e. The van der Waals surface area contributed by atoms with E-state index in [2.05, 4.69) is 49.5 Å². The number of hydrogen-bond donors (Lipinski definition) is 3. The summed E-state index contributed by atoms with van der Waals surface area (Å²) >= 11 is 3.64. The molecule has 0 spiro atoms. The number of amides is 3. The number of carbonyl (C=O) groups is 3. The van der Waals surface area contributed by atoms with Crippen LogP contribution < -0.4 is 5.32 Å². The number of ether oxygens (including phenoxy) is 1. The number of benzene rings is 1. The van der Waals surface area contributed by atoms with Gasteiger partial charge in [0.05, 0.1) is 5.92 Å². The number of aromatic amines is 1. The Bertz CT molecular complexity index is 1570. The van der Waals surface area contributed by atoms with Crippen molar-refractivity contribution in [1.29, 1.82) is 0 Å². The zero-order valence-electron chi connectivity index (χ0n) is 25.3. The molecule has 3 saturated heterocycles. The SMILES string of the molecule is CC(C)CC1(Br)C(=O)N2CCC[C@H]2C2(O)O[C@](NC(=O)[C@@H]3C=C4c5cccc6[nH]cc(c56)C[C@H]4N(C)C3)(C(C)C)C(=O)N12. The van der Waals surface area contributed by atoms with Crippen LogP contribution in [0.15, 0.2) is 30.5 Å². The summed E-state index contributed by atoms with van der Waals surface area (Å²) in [4.78, 5) is 51.1. The largest absolute Gasteiger partial charge is 0.361 e. The van der Waals surface area contributed by atoms with Crippen molar-refractivity contribution in [3.8, 4) is 0 Å². The second kappa shape index (κ2) is 9.63. The Kier molecular flexibility index (Phi) is 6.50. The third-order valence-electron chi connectivity index (χ3n) is 10.2. The highest BCUT2D eigenvalue weighted by molar-refractivity contribution is 9.10. The summed E-state index contributed by atoms with van der Waals surface area (Å²) in [5.74, 6) is -4.36. The average molecular weight is 655 g/mol. The topological polar surface area (TPSA) is 118 Å². The smallest absolute Gasteiger partial charge is 0.282 e. The molecule has 1 aromatic heterocycles. The van der Waals surface area contributed by atoms with Gasteiger partial charge in [0.2, 0.25) is 11.6 Å². The van der Waals surface area contributed by atoms with Crippen LogP contribution in [0.3, 0.4) is 0 Å². The summed E-state index contributed by atoms with van der Waals surface area (Å²) in [5.41, 5.74) is 2.71. The number of alkyl halides is 1. The Morgan fingerprint density at radius 2 is 2.00 bits per heavy atom. The molecule has 7 rings (SSSR count). The van der Waals surface area contributed by atoms with E-state index in [1.807, 2.05) is 33.0 Å².